The van der Waals surface area contributed by atoms with Crippen LogP contribution >= 0.6 is 0 Å². The molecule has 0 bridgehead atoms. The lowest BCUT2D eigenvalue weighted by molar-refractivity contribution is -0.120. The second-order valence-electron chi connectivity index (χ2n) is 4.22. The molecule has 0 unspecified atom stereocenters. The molecule has 1 aromatic rings. The number of nitrogens with one attached hydrogen (secondary N) is 2. The summed E-state index contributed by atoms with van der Waals surface area (Å²) in [5.41, 5.74) is 0.925. The number of amides is 1. The van der Waals surface area contributed by atoms with Crippen LogP contribution in [0, 0.1) is 0 Å². The summed E-state index contributed by atoms with van der Waals surface area (Å²) in [6.07, 6.45) is 2.76. The first-order valence-electron chi connectivity index (χ1n) is 5.96. The van der Waals surface area contributed by atoms with Crippen molar-refractivity contribution in [1.82, 2.24) is 5.32 Å². The average Bonchev–Trinajstić information content (AvgIpc) is 3.13. The Hall–Kier alpha value is -1.71. The summed E-state index contributed by atoms with van der Waals surface area (Å²) in [5.74, 6) is 0.921. The molecule has 1 aliphatic carbocycles. The fourth-order valence-corrected chi connectivity index (χ4v) is 1.63. The molecule has 0 heterocycles. The highest BCUT2D eigenvalue weighted by atomic mass is 16.5. The van der Waals surface area contributed by atoms with Gasteiger partial charge in [0.1, 0.15) is 5.75 Å². The van der Waals surface area contributed by atoms with Crippen LogP contribution in [0.3, 0.4) is 0 Å². The first kappa shape index (κ1) is 11.8. The summed E-state index contributed by atoms with van der Waals surface area (Å²) < 4.78 is 5.21. The Kier molecular flexibility index (Phi) is 3.85. The number of ether oxygens (including phenoxy) is 1. The van der Waals surface area contributed by atoms with Crippen LogP contribution in [0.25, 0.3) is 0 Å². The summed E-state index contributed by atoms with van der Waals surface area (Å²) in [6.45, 7) is 0.624. The lowest BCUT2D eigenvalue weighted by Crippen LogP contribution is -2.27. The SMILES string of the molecule is COc1ccccc1NCCC(=O)NC1CC1. The van der Waals surface area contributed by atoms with Crippen molar-refractivity contribution in [3.8, 4) is 5.75 Å². The summed E-state index contributed by atoms with van der Waals surface area (Å²) in [5, 5.41) is 6.16. The van der Waals surface area contributed by atoms with Crippen molar-refractivity contribution >= 4 is 11.6 Å². The van der Waals surface area contributed by atoms with E-state index in [9.17, 15) is 4.79 Å². The molecule has 92 valence electrons. The number of hydrogen-bond donors (Lipinski definition) is 2. The van der Waals surface area contributed by atoms with Crippen molar-refractivity contribution in [3.63, 3.8) is 0 Å². The van der Waals surface area contributed by atoms with E-state index in [0.29, 0.717) is 19.0 Å². The van der Waals surface area contributed by atoms with Crippen LogP contribution in [0.4, 0.5) is 5.69 Å². The number of methoxy groups -OCH3 is 1. The molecular weight excluding hydrogens is 216 g/mol. The molecule has 4 nitrogen and oxygen atoms in total. The summed E-state index contributed by atoms with van der Waals surface area (Å²) in [6, 6.07) is 8.14. The van der Waals surface area contributed by atoms with E-state index >= 15 is 0 Å². The quantitative estimate of drug-likeness (QED) is 0.788. The topological polar surface area (TPSA) is 50.4 Å². The first-order valence-corrected chi connectivity index (χ1v) is 5.96. The molecule has 0 aromatic heterocycles. The van der Waals surface area contributed by atoms with Crippen molar-refractivity contribution in [1.29, 1.82) is 0 Å². The number of carbonyl (C=O) groups is 1. The molecule has 0 aliphatic heterocycles. The molecule has 1 aliphatic rings. The number of carbonyl (C=O) groups excluding carboxylic acids is 1. The summed E-state index contributed by atoms with van der Waals surface area (Å²) in [4.78, 5) is 11.5. The fraction of sp³-hybridized carbons (Fsp3) is 0.462. The number of benzene rings is 1. The van der Waals surface area contributed by atoms with Crippen LogP contribution in [0.15, 0.2) is 24.3 Å². The standard InChI is InChI=1S/C13H18N2O2/c1-17-12-5-3-2-4-11(12)14-9-8-13(16)15-10-6-7-10/h2-5,10,14H,6-9H2,1H3,(H,15,16). The monoisotopic (exact) mass is 234 g/mol. The Labute approximate surface area is 101 Å². The maximum atomic E-state index is 11.5. The Balaban J connectivity index is 1.74. The summed E-state index contributed by atoms with van der Waals surface area (Å²) >= 11 is 0. The van der Waals surface area contributed by atoms with Gasteiger partial charge in [0.15, 0.2) is 0 Å². The van der Waals surface area contributed by atoms with E-state index in [-0.39, 0.29) is 5.91 Å². The van der Waals surface area contributed by atoms with Crippen LogP contribution in [0.5, 0.6) is 5.75 Å². The Morgan fingerprint density at radius 2 is 2.18 bits per heavy atom. The van der Waals surface area contributed by atoms with E-state index in [1.807, 2.05) is 24.3 Å². The molecule has 1 fully saturated rings. The van der Waals surface area contributed by atoms with E-state index < -0.39 is 0 Å². The van der Waals surface area contributed by atoms with Gasteiger partial charge in [-0.25, -0.2) is 0 Å². The van der Waals surface area contributed by atoms with E-state index in [0.717, 1.165) is 24.3 Å². The zero-order valence-electron chi connectivity index (χ0n) is 10.0. The third-order valence-corrected chi connectivity index (χ3v) is 2.72. The molecule has 1 amide bonds. The second-order valence-corrected chi connectivity index (χ2v) is 4.22. The number of anilines is 1. The van der Waals surface area contributed by atoms with Crippen LogP contribution in [-0.2, 0) is 4.79 Å². The predicted octanol–water partition coefficient (Wildman–Crippen LogP) is 1.78. The van der Waals surface area contributed by atoms with E-state index in [4.69, 9.17) is 4.74 Å². The minimum absolute atomic E-state index is 0.120. The van der Waals surface area contributed by atoms with E-state index in [1.54, 1.807) is 7.11 Å². The second kappa shape index (κ2) is 5.57. The van der Waals surface area contributed by atoms with Gasteiger partial charge >= 0.3 is 0 Å². The van der Waals surface area contributed by atoms with Crippen LogP contribution in [-0.4, -0.2) is 25.6 Å². The molecule has 0 saturated heterocycles. The largest absolute Gasteiger partial charge is 0.495 e. The van der Waals surface area contributed by atoms with Gasteiger partial charge < -0.3 is 15.4 Å². The fourth-order valence-electron chi connectivity index (χ4n) is 1.63. The maximum Gasteiger partial charge on any atom is 0.221 e. The zero-order valence-corrected chi connectivity index (χ0v) is 10.0. The third kappa shape index (κ3) is 3.66. The van der Waals surface area contributed by atoms with Gasteiger partial charge in [-0.1, -0.05) is 12.1 Å². The van der Waals surface area contributed by atoms with Crippen LogP contribution < -0.4 is 15.4 Å². The Morgan fingerprint density at radius 3 is 2.88 bits per heavy atom. The van der Waals surface area contributed by atoms with Gasteiger partial charge in [-0.15, -0.1) is 0 Å². The molecule has 2 N–H and O–H groups in total. The molecule has 4 heteroatoms. The van der Waals surface area contributed by atoms with Gasteiger partial charge in [-0.2, -0.15) is 0 Å². The molecule has 17 heavy (non-hydrogen) atoms. The molecule has 1 aromatic carbocycles. The van der Waals surface area contributed by atoms with Gasteiger partial charge in [-0.05, 0) is 25.0 Å². The highest BCUT2D eigenvalue weighted by Crippen LogP contribution is 2.22. The minimum atomic E-state index is 0.120. The number of para-hydroxylation sites is 2. The molecular formula is C13H18N2O2. The van der Waals surface area contributed by atoms with Crippen LogP contribution in [0.1, 0.15) is 19.3 Å². The van der Waals surface area contributed by atoms with Crippen molar-refractivity contribution in [2.24, 2.45) is 0 Å². The molecule has 0 atom stereocenters. The third-order valence-electron chi connectivity index (χ3n) is 2.72. The molecule has 0 radical (unpaired) electrons. The minimum Gasteiger partial charge on any atom is -0.495 e. The predicted molar refractivity (Wildman–Crippen MR) is 67.3 cm³/mol. The Morgan fingerprint density at radius 1 is 1.41 bits per heavy atom. The normalized spacial score (nSPS) is 14.2. The summed E-state index contributed by atoms with van der Waals surface area (Å²) in [7, 11) is 1.64. The molecule has 0 spiro atoms. The number of hydrogen-bond acceptors (Lipinski definition) is 3. The first-order chi connectivity index (χ1) is 8.29. The van der Waals surface area contributed by atoms with E-state index in [1.165, 1.54) is 0 Å². The van der Waals surface area contributed by atoms with E-state index in [2.05, 4.69) is 10.6 Å². The van der Waals surface area contributed by atoms with Crippen molar-refractivity contribution < 1.29 is 9.53 Å². The van der Waals surface area contributed by atoms with Crippen molar-refractivity contribution in [2.75, 3.05) is 19.0 Å². The van der Waals surface area contributed by atoms with Gasteiger partial charge in [0.05, 0.1) is 12.8 Å². The number of rotatable bonds is 6. The lowest BCUT2D eigenvalue weighted by Gasteiger charge is -2.10. The molecule has 1 saturated carbocycles. The zero-order chi connectivity index (χ0) is 12.1. The lowest BCUT2D eigenvalue weighted by atomic mass is 10.3. The average molecular weight is 234 g/mol. The highest BCUT2D eigenvalue weighted by molar-refractivity contribution is 5.77. The van der Waals surface area contributed by atoms with Crippen molar-refractivity contribution in [3.05, 3.63) is 24.3 Å². The van der Waals surface area contributed by atoms with Crippen molar-refractivity contribution in [2.45, 2.75) is 25.3 Å². The van der Waals surface area contributed by atoms with Gasteiger partial charge in [-0.3, -0.25) is 4.79 Å². The van der Waals surface area contributed by atoms with Crippen LogP contribution in [0.2, 0.25) is 0 Å². The highest BCUT2D eigenvalue weighted by Gasteiger charge is 2.22. The Bertz CT molecular complexity index is 389. The maximum absolute atomic E-state index is 11.5. The smallest absolute Gasteiger partial charge is 0.221 e. The van der Waals surface area contributed by atoms with Gasteiger partial charge in [0.25, 0.3) is 0 Å². The molecule has 2 rings (SSSR count). The van der Waals surface area contributed by atoms with Gasteiger partial charge in [0.2, 0.25) is 5.91 Å². The van der Waals surface area contributed by atoms with Gasteiger partial charge in [0, 0.05) is 19.0 Å².